The summed E-state index contributed by atoms with van der Waals surface area (Å²) in [6.07, 6.45) is 0. The molecule has 0 aliphatic heterocycles. The summed E-state index contributed by atoms with van der Waals surface area (Å²) < 4.78 is 1.22. The zero-order valence-electron chi connectivity index (χ0n) is 15.2. The summed E-state index contributed by atoms with van der Waals surface area (Å²) in [5.74, 6) is 0. The van der Waals surface area contributed by atoms with Crippen LogP contribution in [0.3, 0.4) is 0 Å². The number of aromatic nitrogens is 1. The fraction of sp³-hybridized carbons (Fsp3) is 0. The van der Waals surface area contributed by atoms with Crippen LogP contribution in [0.15, 0.2) is 103 Å². The lowest BCUT2D eigenvalue weighted by Gasteiger charge is -2.08. The Morgan fingerprint density at radius 3 is 1.79 bits per heavy atom. The summed E-state index contributed by atoms with van der Waals surface area (Å²) in [4.78, 5) is 4.73. The van der Waals surface area contributed by atoms with Crippen LogP contribution in [0.25, 0.3) is 31.9 Å². The Labute approximate surface area is 168 Å². The van der Waals surface area contributed by atoms with Crippen LogP contribution >= 0.6 is 11.3 Å². The summed E-state index contributed by atoms with van der Waals surface area (Å²) in [7, 11) is 0. The van der Waals surface area contributed by atoms with Crippen molar-refractivity contribution in [1.29, 1.82) is 0 Å². The van der Waals surface area contributed by atoms with Crippen molar-refractivity contribution in [1.82, 2.24) is 4.98 Å². The van der Waals surface area contributed by atoms with Crippen LogP contribution in [0.4, 0.5) is 11.4 Å². The summed E-state index contributed by atoms with van der Waals surface area (Å²) >= 11 is 1.73. The average molecular weight is 379 g/mol. The van der Waals surface area contributed by atoms with Gasteiger partial charge in [-0.1, -0.05) is 54.6 Å². The van der Waals surface area contributed by atoms with Gasteiger partial charge < -0.3 is 5.32 Å². The van der Waals surface area contributed by atoms with Gasteiger partial charge in [0.05, 0.1) is 10.2 Å². The highest BCUT2D eigenvalue weighted by Crippen LogP contribution is 2.31. The number of nitrogens with one attached hydrogen (secondary N) is 1. The molecule has 0 aliphatic rings. The smallest absolute Gasteiger partial charge is 0.124 e. The third kappa shape index (κ3) is 3.40. The van der Waals surface area contributed by atoms with Gasteiger partial charge in [-0.15, -0.1) is 11.3 Å². The molecule has 4 aromatic carbocycles. The number of anilines is 2. The lowest BCUT2D eigenvalue weighted by molar-refractivity contribution is 1.47. The first-order valence-electron chi connectivity index (χ1n) is 9.24. The number of benzene rings is 4. The number of nitrogens with zero attached hydrogens (tertiary/aromatic N) is 1. The van der Waals surface area contributed by atoms with E-state index in [0.717, 1.165) is 27.5 Å². The number of para-hydroxylation sites is 1. The molecule has 0 saturated carbocycles. The van der Waals surface area contributed by atoms with Crippen LogP contribution < -0.4 is 5.32 Å². The number of rotatable bonds is 4. The molecule has 5 aromatic rings. The van der Waals surface area contributed by atoms with E-state index in [1.165, 1.54) is 15.8 Å². The van der Waals surface area contributed by atoms with Gasteiger partial charge in [0.15, 0.2) is 0 Å². The van der Waals surface area contributed by atoms with E-state index < -0.39 is 0 Å². The molecule has 5 rings (SSSR count). The zero-order valence-corrected chi connectivity index (χ0v) is 16.0. The average Bonchev–Trinajstić information content (AvgIpc) is 3.20. The van der Waals surface area contributed by atoms with Gasteiger partial charge in [0.2, 0.25) is 0 Å². The van der Waals surface area contributed by atoms with E-state index >= 15 is 0 Å². The van der Waals surface area contributed by atoms with E-state index in [9.17, 15) is 0 Å². The molecule has 28 heavy (non-hydrogen) atoms. The van der Waals surface area contributed by atoms with Gasteiger partial charge in [-0.3, -0.25) is 0 Å². The van der Waals surface area contributed by atoms with E-state index in [1.807, 2.05) is 12.1 Å². The van der Waals surface area contributed by atoms with E-state index in [1.54, 1.807) is 11.3 Å². The van der Waals surface area contributed by atoms with Crippen LogP contribution in [0.2, 0.25) is 0 Å². The molecule has 0 bridgehead atoms. The third-order valence-corrected chi connectivity index (χ3v) is 5.79. The van der Waals surface area contributed by atoms with Gasteiger partial charge in [0.1, 0.15) is 5.01 Å². The van der Waals surface area contributed by atoms with E-state index in [2.05, 4.69) is 96.3 Å². The van der Waals surface area contributed by atoms with Crippen molar-refractivity contribution in [2.45, 2.75) is 0 Å². The molecule has 0 radical (unpaired) electrons. The minimum Gasteiger partial charge on any atom is -0.356 e. The Hall–Kier alpha value is -3.43. The van der Waals surface area contributed by atoms with Gasteiger partial charge in [-0.2, -0.15) is 0 Å². The highest BCUT2D eigenvalue weighted by molar-refractivity contribution is 7.21. The molecule has 2 nitrogen and oxygen atoms in total. The van der Waals surface area contributed by atoms with Crippen LogP contribution in [0.5, 0.6) is 0 Å². The second-order valence-corrected chi connectivity index (χ2v) is 7.66. The molecular formula is C25H18N2S. The molecule has 0 unspecified atom stereocenters. The quantitative estimate of drug-likeness (QED) is 0.353. The summed E-state index contributed by atoms with van der Waals surface area (Å²) in [5, 5.41) is 4.53. The lowest BCUT2D eigenvalue weighted by Crippen LogP contribution is -1.90. The van der Waals surface area contributed by atoms with Gasteiger partial charge in [0, 0.05) is 16.9 Å². The maximum Gasteiger partial charge on any atom is 0.124 e. The maximum absolute atomic E-state index is 4.73. The summed E-state index contributed by atoms with van der Waals surface area (Å²) in [6.45, 7) is 0. The van der Waals surface area contributed by atoms with Crippen molar-refractivity contribution < 1.29 is 0 Å². The van der Waals surface area contributed by atoms with Crippen molar-refractivity contribution in [3.05, 3.63) is 103 Å². The van der Waals surface area contributed by atoms with Crippen molar-refractivity contribution in [2.24, 2.45) is 0 Å². The van der Waals surface area contributed by atoms with Crippen molar-refractivity contribution >= 4 is 32.9 Å². The van der Waals surface area contributed by atoms with Crippen LogP contribution in [0.1, 0.15) is 0 Å². The normalized spacial score (nSPS) is 10.9. The number of thiazole rings is 1. The number of hydrogen-bond donors (Lipinski definition) is 1. The van der Waals surface area contributed by atoms with Crippen molar-refractivity contribution in [3.8, 4) is 21.7 Å². The molecular weight excluding hydrogens is 360 g/mol. The maximum atomic E-state index is 4.73. The highest BCUT2D eigenvalue weighted by atomic mass is 32.1. The topological polar surface area (TPSA) is 24.9 Å². The number of hydrogen-bond acceptors (Lipinski definition) is 3. The van der Waals surface area contributed by atoms with Crippen LogP contribution in [0, 0.1) is 0 Å². The van der Waals surface area contributed by atoms with Crippen LogP contribution in [-0.2, 0) is 0 Å². The van der Waals surface area contributed by atoms with Gasteiger partial charge in [-0.25, -0.2) is 4.98 Å². The molecule has 0 atom stereocenters. The predicted octanol–water partition coefficient (Wildman–Crippen LogP) is 7.37. The molecule has 1 N–H and O–H groups in total. The van der Waals surface area contributed by atoms with E-state index in [0.29, 0.717) is 0 Å². The second-order valence-electron chi connectivity index (χ2n) is 6.63. The monoisotopic (exact) mass is 378 g/mol. The predicted molar refractivity (Wildman–Crippen MR) is 120 cm³/mol. The first-order chi connectivity index (χ1) is 13.8. The van der Waals surface area contributed by atoms with Gasteiger partial charge >= 0.3 is 0 Å². The fourth-order valence-electron chi connectivity index (χ4n) is 3.24. The minimum atomic E-state index is 1.06. The fourth-order valence-corrected chi connectivity index (χ4v) is 4.21. The van der Waals surface area contributed by atoms with Crippen molar-refractivity contribution in [2.75, 3.05) is 5.32 Å². The molecule has 1 aromatic heterocycles. The number of fused-ring (bicyclic) bond motifs is 1. The van der Waals surface area contributed by atoms with Crippen LogP contribution in [-0.4, -0.2) is 4.98 Å². The molecule has 3 heteroatoms. The first kappa shape index (κ1) is 16.7. The molecule has 134 valence electrons. The molecule has 0 fully saturated rings. The Morgan fingerprint density at radius 2 is 1.11 bits per heavy atom. The second kappa shape index (κ2) is 7.29. The van der Waals surface area contributed by atoms with Gasteiger partial charge in [-0.05, 0) is 59.7 Å². The molecule has 0 aliphatic carbocycles. The minimum absolute atomic E-state index is 1.06. The SMILES string of the molecule is c1ccc(-c2ccc(Nc3ccc(-c4nc5ccccc5s4)cc3)cc2)cc1. The standard InChI is InChI=1S/C25H18N2S/c1-2-6-18(7-3-1)19-10-14-21(15-11-19)26-22-16-12-20(13-17-22)25-27-23-8-4-5-9-24(23)28-25/h1-17,26H. The molecule has 0 saturated heterocycles. The Balaban J connectivity index is 1.33. The van der Waals surface area contributed by atoms with E-state index in [-0.39, 0.29) is 0 Å². The third-order valence-electron chi connectivity index (χ3n) is 4.71. The Kier molecular flexibility index (Phi) is 4.36. The summed E-state index contributed by atoms with van der Waals surface area (Å²) in [5.41, 5.74) is 6.80. The van der Waals surface area contributed by atoms with E-state index in [4.69, 9.17) is 4.98 Å². The lowest BCUT2D eigenvalue weighted by atomic mass is 10.1. The largest absolute Gasteiger partial charge is 0.356 e. The Morgan fingerprint density at radius 1 is 0.536 bits per heavy atom. The summed E-state index contributed by atoms with van der Waals surface area (Å²) in [6, 6.07) is 35.7. The van der Waals surface area contributed by atoms with Crippen molar-refractivity contribution in [3.63, 3.8) is 0 Å². The molecule has 0 amide bonds. The first-order valence-corrected chi connectivity index (χ1v) is 10.1. The molecule has 1 heterocycles. The zero-order chi connectivity index (χ0) is 18.8. The highest BCUT2D eigenvalue weighted by Gasteiger charge is 2.06. The molecule has 0 spiro atoms. The van der Waals surface area contributed by atoms with Gasteiger partial charge in [0.25, 0.3) is 0 Å². The Bertz CT molecular complexity index is 1170.